The van der Waals surface area contributed by atoms with Crippen LogP contribution in [0.25, 0.3) is 0 Å². The van der Waals surface area contributed by atoms with Gasteiger partial charge in [-0.3, -0.25) is 4.79 Å². The maximum Gasteiger partial charge on any atom is 0.279 e. The molecule has 0 aliphatic carbocycles. The largest absolute Gasteiger partial charge is 0.399 e. The van der Waals surface area contributed by atoms with Crippen LogP contribution in [0.2, 0.25) is 0 Å². The van der Waals surface area contributed by atoms with Gasteiger partial charge in [0.25, 0.3) is 5.91 Å². The van der Waals surface area contributed by atoms with Gasteiger partial charge >= 0.3 is 0 Å². The number of anilines is 2. The van der Waals surface area contributed by atoms with Gasteiger partial charge in [0.1, 0.15) is 0 Å². The highest BCUT2D eigenvalue weighted by molar-refractivity contribution is 7.03. The van der Waals surface area contributed by atoms with Crippen molar-refractivity contribution in [2.24, 2.45) is 0 Å². The van der Waals surface area contributed by atoms with E-state index in [0.717, 1.165) is 24.1 Å². The predicted molar refractivity (Wildman–Crippen MR) is 70.8 cm³/mol. The first-order chi connectivity index (χ1) is 8.75. The molecule has 3 rings (SSSR count). The lowest BCUT2D eigenvalue weighted by molar-refractivity contribution is 0.0980. The van der Waals surface area contributed by atoms with Crippen molar-refractivity contribution in [3.05, 3.63) is 34.8 Å². The second-order valence-corrected chi connectivity index (χ2v) is 4.85. The summed E-state index contributed by atoms with van der Waals surface area (Å²) in [5.74, 6) is -0.102. The van der Waals surface area contributed by atoms with E-state index in [4.69, 9.17) is 5.73 Å². The SMILES string of the molecule is Nc1ccc2c(c1)N(C(=O)c1csnn1)CCC2. The van der Waals surface area contributed by atoms with Crippen molar-refractivity contribution >= 4 is 28.8 Å². The molecule has 6 heteroatoms. The van der Waals surface area contributed by atoms with Crippen LogP contribution >= 0.6 is 11.5 Å². The number of amides is 1. The highest BCUT2D eigenvalue weighted by Gasteiger charge is 2.25. The van der Waals surface area contributed by atoms with Gasteiger partial charge in [-0.2, -0.15) is 0 Å². The molecule has 0 unspecified atom stereocenters. The molecule has 18 heavy (non-hydrogen) atoms. The average molecular weight is 260 g/mol. The van der Waals surface area contributed by atoms with E-state index in [-0.39, 0.29) is 5.91 Å². The van der Waals surface area contributed by atoms with Crippen LogP contribution < -0.4 is 10.6 Å². The Labute approximate surface area is 108 Å². The zero-order valence-electron chi connectivity index (χ0n) is 9.67. The second-order valence-electron chi connectivity index (χ2n) is 4.24. The molecule has 2 N–H and O–H groups in total. The van der Waals surface area contributed by atoms with Gasteiger partial charge in [-0.15, -0.1) is 5.10 Å². The molecule has 2 aromatic rings. The Bertz CT molecular complexity index is 582. The van der Waals surface area contributed by atoms with Gasteiger partial charge in [0.15, 0.2) is 5.69 Å². The van der Waals surface area contributed by atoms with Crippen molar-refractivity contribution in [1.29, 1.82) is 0 Å². The van der Waals surface area contributed by atoms with Gasteiger partial charge < -0.3 is 10.6 Å². The van der Waals surface area contributed by atoms with Gasteiger partial charge in [0, 0.05) is 23.3 Å². The topological polar surface area (TPSA) is 72.1 Å². The van der Waals surface area contributed by atoms with Crippen LogP contribution in [0, 0.1) is 0 Å². The number of carbonyl (C=O) groups is 1. The maximum absolute atomic E-state index is 12.3. The monoisotopic (exact) mass is 260 g/mol. The molecule has 0 radical (unpaired) electrons. The fourth-order valence-electron chi connectivity index (χ4n) is 2.20. The minimum atomic E-state index is -0.102. The van der Waals surface area contributed by atoms with Crippen LogP contribution in [0.3, 0.4) is 0 Å². The number of hydrogen-bond donors (Lipinski definition) is 1. The lowest BCUT2D eigenvalue weighted by Crippen LogP contribution is -2.35. The molecule has 0 spiro atoms. The third-order valence-corrected chi connectivity index (χ3v) is 3.56. The van der Waals surface area contributed by atoms with E-state index in [0.29, 0.717) is 17.9 Å². The van der Waals surface area contributed by atoms with E-state index in [9.17, 15) is 4.79 Å². The summed E-state index contributed by atoms with van der Waals surface area (Å²) in [5.41, 5.74) is 8.93. The normalized spacial score (nSPS) is 14.3. The predicted octanol–water partition coefficient (Wildman–Crippen LogP) is 1.71. The highest BCUT2D eigenvalue weighted by Crippen LogP contribution is 2.30. The van der Waals surface area contributed by atoms with Crippen LogP contribution in [0.5, 0.6) is 0 Å². The Morgan fingerprint density at radius 2 is 2.33 bits per heavy atom. The van der Waals surface area contributed by atoms with E-state index in [1.807, 2.05) is 18.2 Å². The molecule has 0 saturated heterocycles. The number of benzene rings is 1. The average Bonchev–Trinajstić information content (AvgIpc) is 2.91. The lowest BCUT2D eigenvalue weighted by Gasteiger charge is -2.29. The smallest absolute Gasteiger partial charge is 0.279 e. The van der Waals surface area contributed by atoms with Gasteiger partial charge in [0.2, 0.25) is 0 Å². The minimum Gasteiger partial charge on any atom is -0.399 e. The quantitative estimate of drug-likeness (QED) is 0.792. The van der Waals surface area contributed by atoms with Gasteiger partial charge in [-0.05, 0) is 42.1 Å². The third-order valence-electron chi connectivity index (χ3n) is 3.05. The van der Waals surface area contributed by atoms with Crippen LogP contribution in [0.1, 0.15) is 22.5 Å². The standard InChI is InChI=1S/C12H12N4OS/c13-9-4-3-8-2-1-5-16(11(8)6-9)12(17)10-7-18-15-14-10/h3-4,6-7H,1-2,5,13H2. The van der Waals surface area contributed by atoms with Crippen LogP contribution in [-0.2, 0) is 6.42 Å². The third kappa shape index (κ3) is 1.84. The Hall–Kier alpha value is -1.95. The van der Waals surface area contributed by atoms with E-state index < -0.39 is 0 Å². The summed E-state index contributed by atoms with van der Waals surface area (Å²) in [6.07, 6.45) is 1.94. The molecule has 1 aromatic carbocycles. The molecule has 1 aliphatic heterocycles. The van der Waals surface area contributed by atoms with Crippen molar-refractivity contribution in [2.75, 3.05) is 17.2 Å². The molecule has 2 heterocycles. The molecule has 1 amide bonds. The molecular formula is C12H12N4OS. The number of aromatic nitrogens is 2. The first-order valence-corrected chi connectivity index (χ1v) is 6.56. The van der Waals surface area contributed by atoms with Crippen molar-refractivity contribution in [2.45, 2.75) is 12.8 Å². The van der Waals surface area contributed by atoms with E-state index in [2.05, 4.69) is 9.59 Å². The Morgan fingerprint density at radius 1 is 1.44 bits per heavy atom. The van der Waals surface area contributed by atoms with Crippen LogP contribution in [0.15, 0.2) is 23.6 Å². The molecule has 0 saturated carbocycles. The lowest BCUT2D eigenvalue weighted by atomic mass is 10.0. The highest BCUT2D eigenvalue weighted by atomic mass is 32.1. The number of fused-ring (bicyclic) bond motifs is 1. The molecule has 1 aliphatic rings. The van der Waals surface area contributed by atoms with Crippen LogP contribution in [-0.4, -0.2) is 22.0 Å². The van der Waals surface area contributed by atoms with E-state index in [1.54, 1.807) is 10.3 Å². The molecule has 0 atom stereocenters. The molecule has 92 valence electrons. The number of aryl methyl sites for hydroxylation is 1. The maximum atomic E-state index is 12.3. The summed E-state index contributed by atoms with van der Waals surface area (Å²) in [4.78, 5) is 14.1. The first kappa shape index (κ1) is 11.2. The second kappa shape index (κ2) is 4.38. The van der Waals surface area contributed by atoms with Crippen molar-refractivity contribution in [3.63, 3.8) is 0 Å². The van der Waals surface area contributed by atoms with Crippen molar-refractivity contribution in [3.8, 4) is 0 Å². The summed E-state index contributed by atoms with van der Waals surface area (Å²) >= 11 is 1.18. The number of rotatable bonds is 1. The van der Waals surface area contributed by atoms with Gasteiger partial charge in [0.05, 0.1) is 0 Å². The molecule has 0 bridgehead atoms. The number of carbonyl (C=O) groups excluding carboxylic acids is 1. The fraction of sp³-hybridized carbons (Fsp3) is 0.250. The molecule has 0 fully saturated rings. The minimum absolute atomic E-state index is 0.102. The Kier molecular flexibility index (Phi) is 2.71. The fourth-order valence-corrected chi connectivity index (χ4v) is 2.63. The van der Waals surface area contributed by atoms with Crippen molar-refractivity contribution < 1.29 is 4.79 Å². The number of hydrogen-bond acceptors (Lipinski definition) is 5. The summed E-state index contributed by atoms with van der Waals surface area (Å²) in [6, 6.07) is 5.72. The molecule has 1 aromatic heterocycles. The number of nitrogens with two attached hydrogens (primary N) is 1. The zero-order valence-corrected chi connectivity index (χ0v) is 10.5. The molecular weight excluding hydrogens is 248 g/mol. The van der Waals surface area contributed by atoms with Crippen molar-refractivity contribution in [1.82, 2.24) is 9.59 Å². The van der Waals surface area contributed by atoms with Gasteiger partial charge in [-0.1, -0.05) is 10.6 Å². The van der Waals surface area contributed by atoms with E-state index >= 15 is 0 Å². The van der Waals surface area contributed by atoms with E-state index in [1.165, 1.54) is 11.5 Å². The summed E-state index contributed by atoms with van der Waals surface area (Å²) in [6.45, 7) is 0.701. The number of nitrogen functional groups attached to an aromatic ring is 1. The Morgan fingerprint density at radius 3 is 3.11 bits per heavy atom. The zero-order chi connectivity index (χ0) is 12.5. The van der Waals surface area contributed by atoms with Crippen LogP contribution in [0.4, 0.5) is 11.4 Å². The molecule has 5 nitrogen and oxygen atoms in total. The van der Waals surface area contributed by atoms with Gasteiger partial charge in [-0.25, -0.2) is 0 Å². The first-order valence-electron chi connectivity index (χ1n) is 5.73. The summed E-state index contributed by atoms with van der Waals surface area (Å²) < 4.78 is 3.73. The number of nitrogens with zero attached hydrogens (tertiary/aromatic N) is 3. The summed E-state index contributed by atoms with van der Waals surface area (Å²) in [5, 5.41) is 5.50. The summed E-state index contributed by atoms with van der Waals surface area (Å²) in [7, 11) is 0. The Balaban J connectivity index is 2.01.